The largest absolute Gasteiger partial charge is 0.385 e. The highest BCUT2D eigenvalue weighted by Gasteiger charge is 2.28. The van der Waals surface area contributed by atoms with E-state index in [1.54, 1.807) is 26.3 Å². The molecule has 0 fully saturated rings. The van der Waals surface area contributed by atoms with Crippen molar-refractivity contribution in [2.24, 2.45) is 5.92 Å². The summed E-state index contributed by atoms with van der Waals surface area (Å²) in [5.41, 5.74) is 1.38. The maximum Gasteiger partial charge on any atom is 0.252 e. The third-order valence-corrected chi connectivity index (χ3v) is 4.21. The molecule has 7 heteroatoms. The van der Waals surface area contributed by atoms with Gasteiger partial charge in [0.15, 0.2) is 0 Å². The number of rotatable bonds is 10. The van der Waals surface area contributed by atoms with E-state index in [0.29, 0.717) is 25.1 Å². The number of carbonyl (C=O) groups is 3. The number of amides is 3. The van der Waals surface area contributed by atoms with Gasteiger partial charge in [-0.05, 0) is 30.9 Å². The van der Waals surface area contributed by atoms with E-state index >= 15 is 0 Å². The van der Waals surface area contributed by atoms with E-state index in [9.17, 15) is 14.4 Å². The molecule has 1 atom stereocenters. The van der Waals surface area contributed by atoms with Gasteiger partial charge in [0.2, 0.25) is 11.8 Å². The van der Waals surface area contributed by atoms with Gasteiger partial charge in [0.25, 0.3) is 5.91 Å². The summed E-state index contributed by atoms with van der Waals surface area (Å²) in [7, 11) is 3.16. The highest BCUT2D eigenvalue weighted by Crippen LogP contribution is 2.10. The fourth-order valence-corrected chi connectivity index (χ4v) is 2.59. The van der Waals surface area contributed by atoms with Crippen LogP contribution in [0.4, 0.5) is 0 Å². The van der Waals surface area contributed by atoms with Crippen LogP contribution in [0.5, 0.6) is 0 Å². The van der Waals surface area contributed by atoms with E-state index in [-0.39, 0.29) is 30.2 Å². The maximum absolute atomic E-state index is 12.8. The topological polar surface area (TPSA) is 87.7 Å². The average molecular weight is 377 g/mol. The molecule has 0 aliphatic rings. The van der Waals surface area contributed by atoms with Crippen LogP contribution < -0.4 is 10.6 Å². The Balaban J connectivity index is 2.68. The van der Waals surface area contributed by atoms with E-state index in [0.717, 1.165) is 5.56 Å². The van der Waals surface area contributed by atoms with Crippen molar-refractivity contribution in [2.75, 3.05) is 33.9 Å². The zero-order chi connectivity index (χ0) is 20.4. The summed E-state index contributed by atoms with van der Waals surface area (Å²) in [6.07, 6.45) is 0.709. The Morgan fingerprint density at radius 1 is 1.19 bits per heavy atom. The highest BCUT2D eigenvalue weighted by atomic mass is 16.5. The van der Waals surface area contributed by atoms with Crippen molar-refractivity contribution < 1.29 is 19.1 Å². The lowest BCUT2D eigenvalue weighted by Gasteiger charge is -2.27. The molecule has 2 N–H and O–H groups in total. The zero-order valence-electron chi connectivity index (χ0n) is 16.9. The number of carbonyl (C=O) groups excluding carboxylic acids is 3. The average Bonchev–Trinajstić information content (AvgIpc) is 2.62. The molecule has 0 spiro atoms. The summed E-state index contributed by atoms with van der Waals surface area (Å²) >= 11 is 0. The van der Waals surface area contributed by atoms with Crippen LogP contribution >= 0.6 is 0 Å². The van der Waals surface area contributed by atoms with E-state index in [1.165, 1.54) is 4.90 Å². The van der Waals surface area contributed by atoms with Crippen molar-refractivity contribution in [1.29, 1.82) is 0 Å². The van der Waals surface area contributed by atoms with Gasteiger partial charge in [-0.3, -0.25) is 14.4 Å². The minimum absolute atomic E-state index is 0.0602. The normalized spacial score (nSPS) is 11.8. The maximum atomic E-state index is 12.8. The fraction of sp³-hybridized carbons (Fsp3) is 0.550. The molecule has 0 saturated heterocycles. The first-order valence-electron chi connectivity index (χ1n) is 9.15. The van der Waals surface area contributed by atoms with Gasteiger partial charge >= 0.3 is 0 Å². The van der Waals surface area contributed by atoms with Crippen molar-refractivity contribution in [1.82, 2.24) is 15.5 Å². The van der Waals surface area contributed by atoms with Crippen LogP contribution in [0.25, 0.3) is 0 Å². The third kappa shape index (κ3) is 7.38. The first kappa shape index (κ1) is 22.6. The summed E-state index contributed by atoms with van der Waals surface area (Å²) in [4.78, 5) is 38.6. The molecule has 3 amide bonds. The van der Waals surface area contributed by atoms with Gasteiger partial charge in [-0.25, -0.2) is 0 Å². The Kier molecular flexibility index (Phi) is 9.50. The molecular formula is C20H31N3O4. The summed E-state index contributed by atoms with van der Waals surface area (Å²) in [6, 6.07) is 6.51. The summed E-state index contributed by atoms with van der Waals surface area (Å²) in [5, 5.41) is 5.55. The molecule has 150 valence electrons. The lowest BCUT2D eigenvalue weighted by Crippen LogP contribution is -2.52. The first-order chi connectivity index (χ1) is 12.8. The van der Waals surface area contributed by atoms with Crippen LogP contribution in [0.1, 0.15) is 36.2 Å². The second kappa shape index (κ2) is 11.3. The van der Waals surface area contributed by atoms with Gasteiger partial charge in [-0.15, -0.1) is 0 Å². The minimum atomic E-state index is -0.705. The molecular weight excluding hydrogens is 346 g/mol. The predicted octanol–water partition coefficient (Wildman–Crippen LogP) is 1.36. The lowest BCUT2D eigenvalue weighted by atomic mass is 10.0. The number of aryl methyl sites for hydroxylation is 1. The zero-order valence-corrected chi connectivity index (χ0v) is 16.9. The van der Waals surface area contributed by atoms with Crippen molar-refractivity contribution in [3.05, 3.63) is 35.4 Å². The molecule has 27 heavy (non-hydrogen) atoms. The van der Waals surface area contributed by atoms with Crippen LogP contribution in [-0.2, 0) is 14.3 Å². The quantitative estimate of drug-likeness (QED) is 0.603. The molecule has 1 rings (SSSR count). The van der Waals surface area contributed by atoms with Crippen LogP contribution in [0.2, 0.25) is 0 Å². The molecule has 1 aromatic rings. The Hall–Kier alpha value is -2.41. The van der Waals surface area contributed by atoms with E-state index in [4.69, 9.17) is 4.74 Å². The summed E-state index contributed by atoms with van der Waals surface area (Å²) < 4.78 is 4.93. The van der Waals surface area contributed by atoms with E-state index in [2.05, 4.69) is 10.6 Å². The van der Waals surface area contributed by atoms with Gasteiger partial charge in [-0.1, -0.05) is 32.0 Å². The van der Waals surface area contributed by atoms with Crippen molar-refractivity contribution in [2.45, 2.75) is 33.2 Å². The van der Waals surface area contributed by atoms with Crippen LogP contribution in [-0.4, -0.2) is 62.5 Å². The smallest absolute Gasteiger partial charge is 0.252 e. The van der Waals surface area contributed by atoms with Crippen molar-refractivity contribution in [3.63, 3.8) is 0 Å². The van der Waals surface area contributed by atoms with Gasteiger partial charge in [-0.2, -0.15) is 0 Å². The molecule has 7 nitrogen and oxygen atoms in total. The first-order valence-corrected chi connectivity index (χ1v) is 9.15. The van der Waals surface area contributed by atoms with E-state index in [1.807, 2.05) is 32.9 Å². The van der Waals surface area contributed by atoms with Gasteiger partial charge in [0, 0.05) is 32.9 Å². The Morgan fingerprint density at radius 2 is 1.85 bits per heavy atom. The lowest BCUT2D eigenvalue weighted by molar-refractivity contribution is -0.137. The minimum Gasteiger partial charge on any atom is -0.385 e. The molecule has 1 aromatic carbocycles. The Morgan fingerprint density at radius 3 is 2.44 bits per heavy atom. The number of likely N-dealkylation sites (N-methyl/N-ethyl adjacent to an activating group) is 1. The Bertz CT molecular complexity index is 646. The SMILES string of the molecule is COCCCNC(=O)CN(C)C(=O)C(NC(=O)c1ccccc1C)C(C)C. The number of nitrogens with one attached hydrogen (secondary N) is 2. The molecule has 0 bridgehead atoms. The number of methoxy groups -OCH3 is 1. The van der Waals surface area contributed by atoms with Crippen molar-refractivity contribution >= 4 is 17.7 Å². The van der Waals surface area contributed by atoms with Crippen LogP contribution in [0.3, 0.4) is 0 Å². The third-order valence-electron chi connectivity index (χ3n) is 4.21. The number of benzene rings is 1. The van der Waals surface area contributed by atoms with E-state index < -0.39 is 6.04 Å². The molecule has 0 aliphatic heterocycles. The molecule has 0 aromatic heterocycles. The van der Waals surface area contributed by atoms with Crippen molar-refractivity contribution in [3.8, 4) is 0 Å². The Labute approximate surface area is 161 Å². The van der Waals surface area contributed by atoms with Gasteiger partial charge in [0.1, 0.15) is 6.04 Å². The second-order valence-corrected chi connectivity index (χ2v) is 6.90. The molecule has 0 saturated carbocycles. The van der Waals surface area contributed by atoms with Gasteiger partial charge in [0.05, 0.1) is 6.54 Å². The van der Waals surface area contributed by atoms with Gasteiger partial charge < -0.3 is 20.3 Å². The molecule has 1 unspecified atom stereocenters. The summed E-state index contributed by atoms with van der Waals surface area (Å²) in [5.74, 6) is -0.941. The van der Waals surface area contributed by atoms with Crippen LogP contribution in [0, 0.1) is 12.8 Å². The standard InChI is InChI=1S/C20H31N3O4/c1-14(2)18(22-19(25)16-10-7-6-9-15(16)3)20(26)23(4)13-17(24)21-11-8-12-27-5/h6-7,9-10,14,18H,8,11-13H2,1-5H3,(H,21,24)(H,22,25). The summed E-state index contributed by atoms with van der Waals surface area (Å²) in [6.45, 7) is 6.57. The number of hydrogen-bond acceptors (Lipinski definition) is 4. The highest BCUT2D eigenvalue weighted by molar-refractivity contribution is 5.99. The molecule has 0 heterocycles. The number of ether oxygens (including phenoxy) is 1. The number of nitrogens with zero attached hydrogens (tertiary/aromatic N) is 1. The second-order valence-electron chi connectivity index (χ2n) is 6.90. The monoisotopic (exact) mass is 377 g/mol. The fourth-order valence-electron chi connectivity index (χ4n) is 2.59. The predicted molar refractivity (Wildman–Crippen MR) is 104 cm³/mol. The molecule has 0 radical (unpaired) electrons. The van der Waals surface area contributed by atoms with Crippen LogP contribution in [0.15, 0.2) is 24.3 Å². The molecule has 0 aliphatic carbocycles. The number of hydrogen-bond donors (Lipinski definition) is 2.